The number of nitrogens with zero attached hydrogens (tertiary/aromatic N) is 1. The normalized spacial score (nSPS) is 10.2. The molecular formula is C11H10N2O2. The Morgan fingerprint density at radius 1 is 1.47 bits per heavy atom. The van der Waals surface area contributed by atoms with Crippen molar-refractivity contribution in [1.29, 1.82) is 0 Å². The van der Waals surface area contributed by atoms with Crippen LogP contribution in [0.1, 0.15) is 10.4 Å². The van der Waals surface area contributed by atoms with Crippen molar-refractivity contribution in [2.24, 2.45) is 0 Å². The Bertz CT molecular complexity index is 523. The highest BCUT2D eigenvalue weighted by molar-refractivity contribution is 6.05. The number of hydrogen-bond donors (Lipinski definition) is 1. The first kappa shape index (κ1) is 9.45. The summed E-state index contributed by atoms with van der Waals surface area (Å²) < 4.78 is 4.68. The lowest BCUT2D eigenvalue weighted by Gasteiger charge is -2.05. The molecule has 2 N–H and O–H groups in total. The van der Waals surface area contributed by atoms with Crippen molar-refractivity contribution in [2.45, 2.75) is 0 Å². The summed E-state index contributed by atoms with van der Waals surface area (Å²) in [5.74, 6) is -0.390. The highest BCUT2D eigenvalue weighted by atomic mass is 16.5. The molecule has 2 aromatic rings. The summed E-state index contributed by atoms with van der Waals surface area (Å²) in [6.07, 6.45) is 3.29. The van der Waals surface area contributed by atoms with Gasteiger partial charge in [0.05, 0.1) is 12.7 Å². The van der Waals surface area contributed by atoms with Gasteiger partial charge in [-0.3, -0.25) is 4.98 Å². The minimum Gasteiger partial charge on any atom is -0.465 e. The molecule has 1 heterocycles. The van der Waals surface area contributed by atoms with E-state index in [0.717, 1.165) is 10.8 Å². The molecule has 0 unspecified atom stereocenters. The van der Waals surface area contributed by atoms with Crippen LogP contribution in [-0.4, -0.2) is 18.1 Å². The van der Waals surface area contributed by atoms with Gasteiger partial charge in [-0.1, -0.05) is 0 Å². The molecule has 2 rings (SSSR count). The van der Waals surface area contributed by atoms with E-state index in [4.69, 9.17) is 5.73 Å². The standard InChI is InChI=1S/C11H10N2O2/c1-15-11(14)10-5-8(12)4-7-6-13-3-2-9(7)10/h2-6H,12H2,1H3. The van der Waals surface area contributed by atoms with Gasteiger partial charge in [0, 0.05) is 23.5 Å². The third-order valence-electron chi connectivity index (χ3n) is 2.18. The number of carbonyl (C=O) groups excluding carboxylic acids is 1. The first-order valence-corrected chi connectivity index (χ1v) is 4.44. The zero-order valence-corrected chi connectivity index (χ0v) is 8.23. The number of carbonyl (C=O) groups is 1. The van der Waals surface area contributed by atoms with Gasteiger partial charge in [0.15, 0.2) is 0 Å². The van der Waals surface area contributed by atoms with Gasteiger partial charge in [-0.2, -0.15) is 0 Å². The number of ether oxygens (including phenoxy) is 1. The first-order valence-electron chi connectivity index (χ1n) is 4.44. The van der Waals surface area contributed by atoms with Crippen molar-refractivity contribution in [3.05, 3.63) is 36.2 Å². The Morgan fingerprint density at radius 2 is 2.27 bits per heavy atom. The summed E-state index contributed by atoms with van der Waals surface area (Å²) in [5.41, 5.74) is 6.67. The average molecular weight is 202 g/mol. The maximum absolute atomic E-state index is 11.5. The summed E-state index contributed by atoms with van der Waals surface area (Å²) >= 11 is 0. The number of hydrogen-bond acceptors (Lipinski definition) is 4. The van der Waals surface area contributed by atoms with E-state index in [1.54, 1.807) is 30.6 Å². The van der Waals surface area contributed by atoms with E-state index in [1.807, 2.05) is 0 Å². The number of benzene rings is 1. The van der Waals surface area contributed by atoms with Crippen molar-refractivity contribution < 1.29 is 9.53 Å². The van der Waals surface area contributed by atoms with Crippen LogP contribution in [0.2, 0.25) is 0 Å². The molecule has 0 spiro atoms. The van der Waals surface area contributed by atoms with Crippen molar-refractivity contribution in [3.63, 3.8) is 0 Å². The summed E-state index contributed by atoms with van der Waals surface area (Å²) in [5, 5.41) is 1.63. The molecule has 0 amide bonds. The molecule has 0 radical (unpaired) electrons. The fourth-order valence-electron chi connectivity index (χ4n) is 1.51. The van der Waals surface area contributed by atoms with Crippen LogP contribution in [0.5, 0.6) is 0 Å². The molecule has 1 aromatic heterocycles. The van der Waals surface area contributed by atoms with Gasteiger partial charge >= 0.3 is 5.97 Å². The zero-order valence-electron chi connectivity index (χ0n) is 8.23. The Kier molecular flexibility index (Phi) is 2.25. The summed E-state index contributed by atoms with van der Waals surface area (Å²) in [6.45, 7) is 0. The van der Waals surface area contributed by atoms with E-state index in [-0.39, 0.29) is 0 Å². The fourth-order valence-corrected chi connectivity index (χ4v) is 1.51. The van der Waals surface area contributed by atoms with Gasteiger partial charge in [-0.05, 0) is 23.6 Å². The van der Waals surface area contributed by atoms with Crippen LogP contribution in [-0.2, 0) is 4.74 Å². The topological polar surface area (TPSA) is 65.2 Å². The average Bonchev–Trinajstić information content (AvgIpc) is 2.26. The van der Waals surface area contributed by atoms with Crippen LogP contribution >= 0.6 is 0 Å². The predicted octanol–water partition coefficient (Wildman–Crippen LogP) is 1.60. The van der Waals surface area contributed by atoms with E-state index in [2.05, 4.69) is 9.72 Å². The lowest BCUT2D eigenvalue weighted by molar-refractivity contribution is 0.0603. The maximum Gasteiger partial charge on any atom is 0.338 e. The van der Waals surface area contributed by atoms with Crippen LogP contribution in [0.3, 0.4) is 0 Å². The number of nitrogen functional groups attached to an aromatic ring is 1. The minimum atomic E-state index is -0.390. The lowest BCUT2D eigenvalue weighted by atomic mass is 10.1. The van der Waals surface area contributed by atoms with E-state index in [0.29, 0.717) is 11.3 Å². The lowest BCUT2D eigenvalue weighted by Crippen LogP contribution is -2.03. The van der Waals surface area contributed by atoms with Crippen LogP contribution in [0, 0.1) is 0 Å². The molecule has 0 saturated carbocycles. The van der Waals surface area contributed by atoms with Crippen LogP contribution in [0.25, 0.3) is 10.8 Å². The van der Waals surface area contributed by atoms with Crippen LogP contribution in [0.15, 0.2) is 30.6 Å². The second-order valence-electron chi connectivity index (χ2n) is 3.16. The molecule has 0 saturated heterocycles. The third kappa shape index (κ3) is 1.61. The predicted molar refractivity (Wildman–Crippen MR) is 57.5 cm³/mol. The van der Waals surface area contributed by atoms with Crippen molar-refractivity contribution in [2.75, 3.05) is 12.8 Å². The Labute approximate surface area is 86.7 Å². The second-order valence-corrected chi connectivity index (χ2v) is 3.16. The van der Waals surface area contributed by atoms with Crippen molar-refractivity contribution >= 4 is 22.4 Å². The number of pyridine rings is 1. The number of esters is 1. The van der Waals surface area contributed by atoms with Gasteiger partial charge in [-0.15, -0.1) is 0 Å². The molecule has 0 aliphatic carbocycles. The van der Waals surface area contributed by atoms with Crippen LogP contribution in [0.4, 0.5) is 5.69 Å². The number of fused-ring (bicyclic) bond motifs is 1. The number of anilines is 1. The SMILES string of the molecule is COC(=O)c1cc(N)cc2cnccc12. The number of rotatable bonds is 1. The fraction of sp³-hybridized carbons (Fsp3) is 0.0909. The van der Waals surface area contributed by atoms with E-state index in [1.165, 1.54) is 7.11 Å². The Balaban J connectivity index is 2.76. The maximum atomic E-state index is 11.5. The van der Waals surface area contributed by atoms with Gasteiger partial charge in [0.25, 0.3) is 0 Å². The molecule has 76 valence electrons. The highest BCUT2D eigenvalue weighted by Crippen LogP contribution is 2.22. The molecule has 0 aliphatic heterocycles. The molecule has 0 atom stereocenters. The smallest absolute Gasteiger partial charge is 0.338 e. The number of aromatic nitrogens is 1. The summed E-state index contributed by atoms with van der Waals surface area (Å²) in [4.78, 5) is 15.5. The molecular weight excluding hydrogens is 192 g/mol. The molecule has 0 fully saturated rings. The molecule has 4 heteroatoms. The molecule has 15 heavy (non-hydrogen) atoms. The van der Waals surface area contributed by atoms with Gasteiger partial charge in [0.1, 0.15) is 0 Å². The van der Waals surface area contributed by atoms with E-state index >= 15 is 0 Å². The summed E-state index contributed by atoms with van der Waals surface area (Å²) in [6, 6.07) is 5.14. The molecule has 0 aliphatic rings. The minimum absolute atomic E-state index is 0.390. The second kappa shape index (κ2) is 3.57. The number of nitrogens with two attached hydrogens (primary N) is 1. The molecule has 0 bridgehead atoms. The largest absolute Gasteiger partial charge is 0.465 e. The third-order valence-corrected chi connectivity index (χ3v) is 2.18. The van der Waals surface area contributed by atoms with Crippen LogP contribution < -0.4 is 5.73 Å². The van der Waals surface area contributed by atoms with Gasteiger partial charge in [0.2, 0.25) is 0 Å². The van der Waals surface area contributed by atoms with Crippen molar-refractivity contribution in [3.8, 4) is 0 Å². The number of methoxy groups -OCH3 is 1. The molecule has 1 aromatic carbocycles. The Morgan fingerprint density at radius 3 is 3.00 bits per heavy atom. The van der Waals surface area contributed by atoms with Gasteiger partial charge in [-0.25, -0.2) is 4.79 Å². The summed E-state index contributed by atoms with van der Waals surface area (Å²) in [7, 11) is 1.35. The quantitative estimate of drug-likeness (QED) is 0.563. The monoisotopic (exact) mass is 202 g/mol. The zero-order chi connectivity index (χ0) is 10.8. The first-order chi connectivity index (χ1) is 7.22. The Hall–Kier alpha value is -2.10. The van der Waals surface area contributed by atoms with Crippen molar-refractivity contribution in [1.82, 2.24) is 4.98 Å². The highest BCUT2D eigenvalue weighted by Gasteiger charge is 2.10. The van der Waals surface area contributed by atoms with E-state index < -0.39 is 5.97 Å². The molecule has 4 nitrogen and oxygen atoms in total. The van der Waals surface area contributed by atoms with E-state index in [9.17, 15) is 4.79 Å². The van der Waals surface area contributed by atoms with Gasteiger partial charge < -0.3 is 10.5 Å².